The number of anilines is 3. The Labute approximate surface area is 180 Å². The number of carbonyl (C=O) groups is 1. The number of nitrogens with one attached hydrogen (secondary N) is 3. The predicted octanol–water partition coefficient (Wildman–Crippen LogP) is 4.55. The molecule has 2 aromatic carbocycles. The van der Waals surface area contributed by atoms with Gasteiger partial charge < -0.3 is 5.32 Å². The van der Waals surface area contributed by atoms with E-state index >= 15 is 0 Å². The number of carbonyl (C=O) groups excluding carboxylic acids is 1. The fourth-order valence-corrected chi connectivity index (χ4v) is 2.84. The lowest BCUT2D eigenvalue weighted by Crippen LogP contribution is -2.30. The second kappa shape index (κ2) is 8.92. The molecule has 29 heavy (non-hydrogen) atoms. The molecule has 3 aromatic rings. The van der Waals surface area contributed by atoms with Gasteiger partial charge in [0.15, 0.2) is 0 Å². The van der Waals surface area contributed by atoms with Crippen molar-refractivity contribution in [2.24, 2.45) is 0 Å². The summed E-state index contributed by atoms with van der Waals surface area (Å²) in [6.07, 6.45) is 1.04. The van der Waals surface area contributed by atoms with Gasteiger partial charge in [0.05, 0.1) is 10.6 Å². The number of hydrazine groups is 1. The van der Waals surface area contributed by atoms with Gasteiger partial charge in [-0.25, -0.2) is 14.4 Å². The highest BCUT2D eigenvalue weighted by Crippen LogP contribution is 2.32. The van der Waals surface area contributed by atoms with Crippen LogP contribution in [0.25, 0.3) is 0 Å². The topological polar surface area (TPSA) is 122 Å². The number of aromatic nitrogens is 2. The van der Waals surface area contributed by atoms with Crippen LogP contribution < -0.4 is 16.2 Å². The van der Waals surface area contributed by atoms with Crippen molar-refractivity contribution in [1.29, 1.82) is 0 Å². The quantitative estimate of drug-likeness (QED) is 0.318. The maximum Gasteiger partial charge on any atom is 0.355 e. The van der Waals surface area contributed by atoms with Crippen molar-refractivity contribution >= 4 is 60.8 Å². The van der Waals surface area contributed by atoms with E-state index in [-0.39, 0.29) is 17.3 Å². The number of amides is 1. The van der Waals surface area contributed by atoms with Gasteiger partial charge >= 0.3 is 5.69 Å². The minimum atomic E-state index is -0.743. The number of hydrogen-bond donors (Lipinski definition) is 3. The molecule has 1 heterocycles. The Kier molecular flexibility index (Phi) is 6.34. The summed E-state index contributed by atoms with van der Waals surface area (Å²) in [7, 11) is 0. The van der Waals surface area contributed by atoms with E-state index in [0.29, 0.717) is 10.0 Å². The van der Waals surface area contributed by atoms with Crippen molar-refractivity contribution in [1.82, 2.24) is 15.4 Å². The molecule has 3 N–H and O–H groups in total. The van der Waals surface area contributed by atoms with Crippen molar-refractivity contribution in [2.75, 3.05) is 10.7 Å². The Hall–Kier alpha value is -3.12. The van der Waals surface area contributed by atoms with Crippen LogP contribution in [0.15, 0.2) is 57.7 Å². The smallest absolute Gasteiger partial charge is 0.332 e. The zero-order valence-corrected chi connectivity index (χ0v) is 17.5. The van der Waals surface area contributed by atoms with Crippen LogP contribution in [0.5, 0.6) is 0 Å². The van der Waals surface area contributed by atoms with Gasteiger partial charge in [-0.2, -0.15) is 0 Å². The summed E-state index contributed by atoms with van der Waals surface area (Å²) in [6, 6.07) is 10.7. The van der Waals surface area contributed by atoms with Crippen LogP contribution in [-0.4, -0.2) is 20.8 Å². The molecule has 1 aromatic heterocycles. The van der Waals surface area contributed by atoms with Crippen LogP contribution in [0.3, 0.4) is 0 Å². The molecule has 0 spiro atoms. The van der Waals surface area contributed by atoms with Crippen molar-refractivity contribution in [2.45, 2.75) is 0 Å². The first-order valence-electron chi connectivity index (χ1n) is 7.88. The number of hydrogen-bond acceptors (Lipinski definition) is 7. The van der Waals surface area contributed by atoms with Crippen molar-refractivity contribution in [3.63, 3.8) is 0 Å². The van der Waals surface area contributed by atoms with Gasteiger partial charge in [-0.15, -0.1) is 0 Å². The Morgan fingerprint density at radius 3 is 2.34 bits per heavy atom. The minimum Gasteiger partial charge on any atom is -0.332 e. The lowest BCUT2D eigenvalue weighted by molar-refractivity contribution is -0.383. The molecule has 0 bridgehead atoms. The van der Waals surface area contributed by atoms with Gasteiger partial charge in [-0.05, 0) is 42.5 Å². The number of rotatable bonds is 6. The molecule has 0 atom stereocenters. The molecule has 0 saturated heterocycles. The summed E-state index contributed by atoms with van der Waals surface area (Å²) in [4.78, 5) is 30.6. The third-order valence-electron chi connectivity index (χ3n) is 3.59. The van der Waals surface area contributed by atoms with E-state index in [4.69, 9.17) is 0 Å². The second-order valence-corrected chi connectivity index (χ2v) is 7.34. The van der Waals surface area contributed by atoms with Gasteiger partial charge in [0.2, 0.25) is 11.6 Å². The normalized spacial score (nSPS) is 10.3. The summed E-state index contributed by atoms with van der Waals surface area (Å²) in [5.74, 6) is -1.67. The molecule has 3 rings (SSSR count). The molecular weight excluding hydrogens is 515 g/mol. The summed E-state index contributed by atoms with van der Waals surface area (Å²) >= 11 is 6.40. The number of nitro groups is 1. The van der Waals surface area contributed by atoms with Crippen molar-refractivity contribution < 1.29 is 14.1 Å². The largest absolute Gasteiger partial charge is 0.355 e. The van der Waals surface area contributed by atoms with Crippen molar-refractivity contribution in [3.8, 4) is 0 Å². The highest BCUT2D eigenvalue weighted by atomic mass is 79.9. The fraction of sp³-hybridized carbons (Fsp3) is 0. The van der Waals surface area contributed by atoms with E-state index in [1.807, 2.05) is 0 Å². The zero-order valence-electron chi connectivity index (χ0n) is 14.3. The highest BCUT2D eigenvalue weighted by molar-refractivity contribution is 9.10. The van der Waals surface area contributed by atoms with E-state index in [1.54, 1.807) is 30.3 Å². The lowest BCUT2D eigenvalue weighted by atomic mass is 10.2. The van der Waals surface area contributed by atoms with Crippen LogP contribution in [0, 0.1) is 15.9 Å². The average molecular weight is 526 g/mol. The second-order valence-electron chi connectivity index (χ2n) is 5.51. The number of nitrogens with zero attached hydrogens (tertiary/aromatic N) is 3. The average Bonchev–Trinajstić information content (AvgIpc) is 2.68. The third kappa shape index (κ3) is 5.03. The van der Waals surface area contributed by atoms with Gasteiger partial charge in [0.25, 0.3) is 5.91 Å². The molecule has 12 heteroatoms. The van der Waals surface area contributed by atoms with E-state index in [1.165, 1.54) is 12.1 Å². The first-order valence-corrected chi connectivity index (χ1v) is 9.47. The monoisotopic (exact) mass is 524 g/mol. The third-order valence-corrected chi connectivity index (χ3v) is 4.61. The Balaban J connectivity index is 1.83. The van der Waals surface area contributed by atoms with Crippen LogP contribution in [-0.2, 0) is 0 Å². The van der Waals surface area contributed by atoms with Gasteiger partial charge in [-0.1, -0.05) is 31.9 Å². The molecule has 0 aliphatic heterocycles. The Morgan fingerprint density at radius 2 is 1.69 bits per heavy atom. The minimum absolute atomic E-state index is 0.0140. The predicted molar refractivity (Wildman–Crippen MR) is 111 cm³/mol. The summed E-state index contributed by atoms with van der Waals surface area (Å²) in [5.41, 5.74) is 4.49. The lowest BCUT2D eigenvalue weighted by Gasteiger charge is -2.11. The summed E-state index contributed by atoms with van der Waals surface area (Å²) < 4.78 is 15.4. The Bertz CT molecular complexity index is 1080. The van der Waals surface area contributed by atoms with Gasteiger partial charge in [0, 0.05) is 14.5 Å². The SMILES string of the molecule is O=C(NNc1ncnc(Nc2ccc(Br)cc2F)c1[N+](=O)[O-])c1ccc(Br)cc1. The maximum absolute atomic E-state index is 14.1. The molecule has 148 valence electrons. The van der Waals surface area contributed by atoms with Crippen LogP contribution in [0.2, 0.25) is 0 Å². The van der Waals surface area contributed by atoms with Gasteiger partial charge in [-0.3, -0.25) is 25.8 Å². The van der Waals surface area contributed by atoms with E-state index < -0.39 is 22.3 Å². The molecule has 9 nitrogen and oxygen atoms in total. The summed E-state index contributed by atoms with van der Waals surface area (Å²) in [5, 5.41) is 14.1. The maximum atomic E-state index is 14.1. The molecule has 0 saturated carbocycles. The van der Waals surface area contributed by atoms with E-state index in [9.17, 15) is 19.3 Å². The van der Waals surface area contributed by atoms with E-state index in [2.05, 4.69) is 58.0 Å². The van der Waals surface area contributed by atoms with Crippen molar-refractivity contribution in [3.05, 3.63) is 79.2 Å². The first kappa shape index (κ1) is 20.6. The van der Waals surface area contributed by atoms with Crippen LogP contribution in [0.1, 0.15) is 10.4 Å². The molecule has 0 unspecified atom stereocenters. The fourth-order valence-electron chi connectivity index (χ4n) is 2.24. The van der Waals surface area contributed by atoms with Crippen LogP contribution >= 0.6 is 31.9 Å². The zero-order chi connectivity index (χ0) is 21.0. The Morgan fingerprint density at radius 1 is 1.03 bits per heavy atom. The molecule has 0 fully saturated rings. The molecule has 0 radical (unpaired) electrons. The number of halogens is 3. The summed E-state index contributed by atoms with van der Waals surface area (Å²) in [6.45, 7) is 0. The van der Waals surface area contributed by atoms with E-state index in [0.717, 1.165) is 10.8 Å². The molecule has 0 aliphatic carbocycles. The number of benzene rings is 2. The standard InChI is InChI=1S/C17H11Br2FN6O3/c18-10-3-1-9(2-4-10)17(27)25-24-16-14(26(28)29)15(21-8-22-16)23-13-6-5-11(19)7-12(13)20/h1-8H,(H,25,27)(H2,21,22,23,24). The van der Waals surface area contributed by atoms with Crippen LogP contribution in [0.4, 0.5) is 27.4 Å². The highest BCUT2D eigenvalue weighted by Gasteiger charge is 2.24. The molecular formula is C17H11Br2FN6O3. The first-order chi connectivity index (χ1) is 13.8. The molecule has 1 amide bonds. The molecule has 0 aliphatic rings. The van der Waals surface area contributed by atoms with Gasteiger partial charge in [0.1, 0.15) is 12.1 Å².